The molecule has 0 aliphatic rings. The Bertz CT molecular complexity index is 1000. The van der Waals surface area contributed by atoms with Crippen LogP contribution in [0.15, 0.2) is 58.8 Å². The van der Waals surface area contributed by atoms with Gasteiger partial charge in [0.05, 0.1) is 11.4 Å². The van der Waals surface area contributed by atoms with Crippen LogP contribution in [0.1, 0.15) is 38.9 Å². The molecule has 33 heavy (non-hydrogen) atoms. The molecule has 0 atom stereocenters. The summed E-state index contributed by atoms with van der Waals surface area (Å²) in [6.07, 6.45) is 8.03. The third kappa shape index (κ3) is 10.6. The third-order valence-electron chi connectivity index (χ3n) is 4.76. The van der Waals surface area contributed by atoms with Crippen molar-refractivity contribution < 1.29 is 41.9 Å². The number of aryl methyl sites for hydroxylation is 6. The van der Waals surface area contributed by atoms with Crippen molar-refractivity contribution in [1.82, 2.24) is 4.98 Å². The summed E-state index contributed by atoms with van der Waals surface area (Å²) in [5, 5.41) is 0. The van der Waals surface area contributed by atoms with Gasteiger partial charge in [-0.25, -0.2) is 0 Å². The van der Waals surface area contributed by atoms with E-state index in [1.165, 1.54) is 38.9 Å². The average molecular weight is 525 g/mol. The molecule has 0 bridgehead atoms. The van der Waals surface area contributed by atoms with Gasteiger partial charge in [0.15, 0.2) is 0 Å². The Kier molecular flexibility index (Phi) is 16.5. The summed E-state index contributed by atoms with van der Waals surface area (Å²) in [4.78, 5) is 12.9. The van der Waals surface area contributed by atoms with E-state index in [4.69, 9.17) is 0 Å². The maximum absolute atomic E-state index is 4.59. The van der Waals surface area contributed by atoms with Gasteiger partial charge in [-0.05, 0) is 75.4 Å². The molecule has 3 rings (SSSR count). The van der Waals surface area contributed by atoms with Crippen LogP contribution < -0.4 is 24.8 Å². The molecule has 0 saturated carbocycles. The van der Waals surface area contributed by atoms with Gasteiger partial charge in [-0.1, -0.05) is 41.5 Å². The van der Waals surface area contributed by atoms with E-state index in [0.29, 0.717) is 0 Å². The molecule has 177 valence electrons. The fraction of sp³-hybridized carbons (Fsp3) is 0.259. The average Bonchev–Trinajstić information content (AvgIpc) is 2.68. The van der Waals surface area contributed by atoms with Crippen LogP contribution in [0.25, 0.3) is 0 Å². The first-order valence-electron chi connectivity index (χ1n) is 10.2. The monoisotopic (exact) mass is 524 g/mol. The molecule has 0 aliphatic heterocycles. The van der Waals surface area contributed by atoms with Gasteiger partial charge in [0.1, 0.15) is 0 Å². The fourth-order valence-electron chi connectivity index (χ4n) is 3.60. The summed E-state index contributed by atoms with van der Waals surface area (Å²) in [6, 6.07) is 12.6. The Labute approximate surface area is 222 Å². The molecule has 0 spiro atoms. The topological polar surface area (TPSA) is 37.6 Å². The Balaban J connectivity index is 0. The maximum atomic E-state index is 4.59. The van der Waals surface area contributed by atoms with Crippen LogP contribution in [0.2, 0.25) is 0 Å². The van der Waals surface area contributed by atoms with E-state index in [9.17, 15) is 0 Å². The van der Waals surface area contributed by atoms with Crippen molar-refractivity contribution in [3.63, 3.8) is 0 Å². The fourth-order valence-corrected chi connectivity index (χ4v) is 3.60. The zero-order valence-electron chi connectivity index (χ0n) is 20.1. The van der Waals surface area contributed by atoms with E-state index in [2.05, 4.69) is 93.8 Å². The van der Waals surface area contributed by atoms with Gasteiger partial charge < -0.3 is 31.7 Å². The van der Waals surface area contributed by atoms with Gasteiger partial charge in [0.2, 0.25) is 0 Å². The van der Waals surface area contributed by atoms with Gasteiger partial charge in [0.25, 0.3) is 0 Å². The quantitative estimate of drug-likeness (QED) is 0.286. The minimum atomic E-state index is 0. The van der Waals surface area contributed by atoms with Crippen molar-refractivity contribution in [1.29, 1.82) is 0 Å². The Morgan fingerprint density at radius 2 is 1.24 bits per heavy atom. The zero-order chi connectivity index (χ0) is 22.1. The minimum absolute atomic E-state index is 0. The second kappa shape index (κ2) is 16.5. The van der Waals surface area contributed by atoms with Crippen molar-refractivity contribution in [3.05, 3.63) is 94.7 Å². The molecule has 0 saturated heterocycles. The summed E-state index contributed by atoms with van der Waals surface area (Å²) in [5.74, 6) is 0. The molecule has 0 aliphatic carbocycles. The van der Waals surface area contributed by atoms with E-state index in [1.54, 1.807) is 12.4 Å². The molecule has 6 heteroatoms. The Morgan fingerprint density at radius 3 is 1.64 bits per heavy atom. The number of benzene rings is 2. The second-order valence-electron chi connectivity index (χ2n) is 7.68. The van der Waals surface area contributed by atoms with Crippen LogP contribution >= 0.6 is 0 Å². The summed E-state index contributed by atoms with van der Waals surface area (Å²) in [5.41, 5.74) is 10.8. The molecular formula is C27H32Cl2FeN3. The molecule has 1 heterocycles. The summed E-state index contributed by atoms with van der Waals surface area (Å²) in [6.45, 7) is 16.2. The van der Waals surface area contributed by atoms with E-state index < -0.39 is 0 Å². The van der Waals surface area contributed by atoms with Gasteiger partial charge in [-0.3, -0.25) is 15.0 Å². The van der Waals surface area contributed by atoms with E-state index >= 15 is 0 Å². The molecule has 1 radical (unpaired) electrons. The van der Waals surface area contributed by atoms with Crippen molar-refractivity contribution in [2.45, 2.75) is 48.0 Å². The first kappa shape index (κ1) is 33.1. The Morgan fingerprint density at radius 1 is 0.788 bits per heavy atom. The third-order valence-corrected chi connectivity index (χ3v) is 4.76. The molecule has 0 unspecified atom stereocenters. The Hall–Kier alpha value is -2.10. The number of halogens is 2. The number of aliphatic imine (C=N–C) groups is 2. The number of rotatable bonds is 4. The molecule has 0 N–H and O–H groups in total. The van der Waals surface area contributed by atoms with Gasteiger partial charge >= 0.3 is 17.1 Å². The molecule has 3 nitrogen and oxygen atoms in total. The van der Waals surface area contributed by atoms with Crippen LogP contribution in [0.3, 0.4) is 0 Å². The van der Waals surface area contributed by atoms with Gasteiger partial charge in [0, 0.05) is 25.0 Å². The number of aromatic nitrogens is 1. The predicted octanol–water partition coefficient (Wildman–Crippen LogP) is 1.11. The van der Waals surface area contributed by atoms with Crippen LogP contribution in [0.4, 0.5) is 11.4 Å². The number of pyridine rings is 1. The smallest absolute Gasteiger partial charge is 1.00 e. The molecule has 0 amide bonds. The van der Waals surface area contributed by atoms with E-state index in [1.807, 2.05) is 18.5 Å². The molecule has 2 aromatic carbocycles. The minimum Gasteiger partial charge on any atom is -1.00 e. The molecule has 3 aromatic rings. The van der Waals surface area contributed by atoms with Crippen LogP contribution in [0, 0.1) is 48.5 Å². The normalized spacial score (nSPS) is 10.0. The first-order valence-corrected chi connectivity index (χ1v) is 10.2. The van der Waals surface area contributed by atoms with Crippen LogP contribution in [-0.4, -0.2) is 17.4 Å². The first-order chi connectivity index (χ1) is 14.3. The van der Waals surface area contributed by atoms with Crippen molar-refractivity contribution in [3.8, 4) is 0 Å². The molecule has 0 fully saturated rings. The summed E-state index contributed by atoms with van der Waals surface area (Å²) < 4.78 is 0. The zero-order valence-corrected chi connectivity index (χ0v) is 22.8. The molecular weight excluding hydrogens is 493 g/mol. The molecule has 1 aromatic heterocycles. The van der Waals surface area contributed by atoms with Crippen molar-refractivity contribution in [2.24, 2.45) is 9.98 Å². The van der Waals surface area contributed by atoms with Crippen LogP contribution in [-0.2, 0) is 23.5 Å². The second-order valence-corrected chi connectivity index (χ2v) is 7.68. The number of nitrogens with zero attached hydrogens (tertiary/aromatic N) is 3. The van der Waals surface area contributed by atoms with Gasteiger partial charge in [-0.15, -0.1) is 6.21 Å². The van der Waals surface area contributed by atoms with Crippen molar-refractivity contribution in [2.75, 3.05) is 0 Å². The van der Waals surface area contributed by atoms with Crippen molar-refractivity contribution >= 4 is 23.8 Å². The number of hydrogen-bond acceptors (Lipinski definition) is 3. The standard InChI is InChI=1S/C16H18N2.C11H14N.2ClH.Fe/c1-12-9-13(2)16(14(3)10-12)18-8-6-15-5-4-7-17-11-15;1-5-12-11-9(3)6-8(2)7-10(11)4;;;/h4-5,7-11H,6H2,1-3H3;5-7H,1H2,2-4H3;2*1H;/q;-1;;;+3/p-2. The summed E-state index contributed by atoms with van der Waals surface area (Å²) >= 11 is 0. The SMILES string of the molecule is Cc1cc(C)c(N=CCc2cccnc2)c(C)c1.[CH2-]C=Nc1c(C)cc(C)cc1C.[Cl-].[Cl-].[Fe+3]. The van der Waals surface area contributed by atoms with E-state index in [-0.39, 0.29) is 41.9 Å². The number of hydrogen-bond donors (Lipinski definition) is 0. The van der Waals surface area contributed by atoms with E-state index in [0.717, 1.165) is 17.8 Å². The summed E-state index contributed by atoms with van der Waals surface area (Å²) in [7, 11) is 0. The largest absolute Gasteiger partial charge is 3.00 e. The van der Waals surface area contributed by atoms with Crippen LogP contribution in [0.5, 0.6) is 0 Å². The maximum Gasteiger partial charge on any atom is 3.00 e. The predicted molar refractivity (Wildman–Crippen MR) is 131 cm³/mol. The van der Waals surface area contributed by atoms with Gasteiger partial charge in [-0.2, -0.15) is 0 Å².